The van der Waals surface area contributed by atoms with Gasteiger partial charge in [0.15, 0.2) is 5.65 Å². The van der Waals surface area contributed by atoms with Gasteiger partial charge in [-0.2, -0.15) is 0 Å². The quantitative estimate of drug-likeness (QED) is 0.354. The number of aromatic nitrogens is 3. The molecule has 7 heteroatoms. The number of nitrogens with two attached hydrogens (primary N) is 1. The van der Waals surface area contributed by atoms with Crippen molar-refractivity contribution in [2.24, 2.45) is 0 Å². The van der Waals surface area contributed by atoms with Crippen molar-refractivity contribution in [1.82, 2.24) is 19.9 Å². The standard InChI is InChI=1S/C28H27N5O2/c1-35-21-13-11-20(12-14-21)15-17-30-28(34)24-25-27(32-23-10-6-5-9-22(23)31-25)33(26(24)29)18-16-19-7-3-2-4-8-19/h2-14H,15-18,29H2,1H3,(H,30,34). The molecule has 176 valence electrons. The van der Waals surface area contributed by atoms with E-state index in [1.807, 2.05) is 71.3 Å². The van der Waals surface area contributed by atoms with Crippen LogP contribution in [0.4, 0.5) is 5.82 Å². The van der Waals surface area contributed by atoms with E-state index in [4.69, 9.17) is 20.4 Å². The maximum absolute atomic E-state index is 13.3. The molecule has 5 aromatic rings. The van der Waals surface area contributed by atoms with Crippen LogP contribution in [0.15, 0.2) is 78.9 Å². The second kappa shape index (κ2) is 9.85. The minimum absolute atomic E-state index is 0.246. The number of carbonyl (C=O) groups excluding carboxylic acids is 1. The van der Waals surface area contributed by atoms with Crippen molar-refractivity contribution in [3.63, 3.8) is 0 Å². The zero-order valence-electron chi connectivity index (χ0n) is 19.6. The third-order valence-electron chi connectivity index (χ3n) is 6.14. The van der Waals surface area contributed by atoms with E-state index in [1.54, 1.807) is 7.11 Å². The molecule has 1 amide bonds. The van der Waals surface area contributed by atoms with Gasteiger partial charge in [-0.05, 0) is 48.2 Å². The Hall–Kier alpha value is -4.39. The molecule has 0 radical (unpaired) electrons. The lowest BCUT2D eigenvalue weighted by atomic mass is 10.1. The number of benzene rings is 3. The number of aryl methyl sites for hydroxylation is 2. The second-order valence-corrected chi connectivity index (χ2v) is 8.39. The van der Waals surface area contributed by atoms with E-state index in [9.17, 15) is 4.79 Å². The van der Waals surface area contributed by atoms with Gasteiger partial charge in [0.05, 0.1) is 18.1 Å². The van der Waals surface area contributed by atoms with Gasteiger partial charge in [0, 0.05) is 13.1 Å². The summed E-state index contributed by atoms with van der Waals surface area (Å²) in [5, 5.41) is 3.01. The number of nitrogens with one attached hydrogen (secondary N) is 1. The number of nitrogens with zero attached hydrogens (tertiary/aromatic N) is 3. The summed E-state index contributed by atoms with van der Waals surface area (Å²) in [5.41, 5.74) is 11.9. The largest absolute Gasteiger partial charge is 0.497 e. The molecule has 2 aromatic heterocycles. The van der Waals surface area contributed by atoms with Crippen LogP contribution < -0.4 is 15.8 Å². The van der Waals surface area contributed by atoms with Crippen molar-refractivity contribution in [3.8, 4) is 5.75 Å². The van der Waals surface area contributed by atoms with Gasteiger partial charge >= 0.3 is 0 Å². The highest BCUT2D eigenvalue weighted by Gasteiger charge is 2.23. The predicted octanol–water partition coefficient (Wildman–Crippen LogP) is 4.39. The monoisotopic (exact) mass is 465 g/mol. The van der Waals surface area contributed by atoms with Crippen molar-refractivity contribution in [2.45, 2.75) is 19.4 Å². The number of anilines is 1. The highest BCUT2D eigenvalue weighted by atomic mass is 16.5. The van der Waals surface area contributed by atoms with Crippen molar-refractivity contribution in [1.29, 1.82) is 0 Å². The number of hydrogen-bond acceptors (Lipinski definition) is 5. The number of methoxy groups -OCH3 is 1. The van der Waals surface area contributed by atoms with Gasteiger partial charge in [0.25, 0.3) is 5.91 Å². The van der Waals surface area contributed by atoms with Crippen LogP contribution in [-0.2, 0) is 19.4 Å². The molecule has 0 saturated carbocycles. The van der Waals surface area contributed by atoms with Gasteiger partial charge < -0.3 is 20.4 Å². The van der Waals surface area contributed by atoms with E-state index in [2.05, 4.69) is 17.4 Å². The van der Waals surface area contributed by atoms with Crippen LogP contribution in [0.25, 0.3) is 22.2 Å². The van der Waals surface area contributed by atoms with Crippen LogP contribution in [0.5, 0.6) is 5.75 Å². The summed E-state index contributed by atoms with van der Waals surface area (Å²) >= 11 is 0. The number of nitrogen functional groups attached to an aromatic ring is 1. The van der Waals surface area contributed by atoms with Crippen LogP contribution in [0.1, 0.15) is 21.5 Å². The summed E-state index contributed by atoms with van der Waals surface area (Å²) in [6.07, 6.45) is 1.46. The normalized spacial score (nSPS) is 11.1. The third-order valence-corrected chi connectivity index (χ3v) is 6.14. The van der Waals surface area contributed by atoms with Crippen LogP contribution >= 0.6 is 0 Å². The van der Waals surface area contributed by atoms with Crippen molar-refractivity contribution in [2.75, 3.05) is 19.4 Å². The van der Waals surface area contributed by atoms with E-state index in [1.165, 1.54) is 5.56 Å². The maximum Gasteiger partial charge on any atom is 0.257 e. The number of rotatable bonds is 8. The van der Waals surface area contributed by atoms with Gasteiger partial charge in [-0.1, -0.05) is 54.6 Å². The number of para-hydroxylation sites is 2. The Kier molecular flexibility index (Phi) is 6.30. The molecule has 5 rings (SSSR count). The molecule has 3 aromatic carbocycles. The Labute approximate surface area is 203 Å². The lowest BCUT2D eigenvalue weighted by molar-refractivity contribution is 0.0956. The smallest absolute Gasteiger partial charge is 0.257 e. The first-order chi connectivity index (χ1) is 17.1. The molecule has 0 spiro atoms. The number of hydrogen-bond donors (Lipinski definition) is 2. The second-order valence-electron chi connectivity index (χ2n) is 8.39. The SMILES string of the molecule is COc1ccc(CCNC(=O)c2c(N)n(CCc3ccccc3)c3nc4ccccc4nc23)cc1. The first kappa shape index (κ1) is 22.4. The van der Waals surface area contributed by atoms with E-state index >= 15 is 0 Å². The lowest BCUT2D eigenvalue weighted by Gasteiger charge is -2.09. The summed E-state index contributed by atoms with van der Waals surface area (Å²) in [6, 6.07) is 25.6. The van der Waals surface area contributed by atoms with E-state index in [0.29, 0.717) is 42.1 Å². The van der Waals surface area contributed by atoms with Crippen molar-refractivity contribution >= 4 is 33.9 Å². The highest BCUT2D eigenvalue weighted by Crippen LogP contribution is 2.28. The fourth-order valence-electron chi connectivity index (χ4n) is 4.25. The zero-order chi connectivity index (χ0) is 24.2. The Balaban J connectivity index is 1.44. The molecule has 7 nitrogen and oxygen atoms in total. The topological polar surface area (TPSA) is 95.1 Å². The fraction of sp³-hybridized carbons (Fsp3) is 0.179. The van der Waals surface area contributed by atoms with Gasteiger partial charge in [0.1, 0.15) is 22.6 Å². The van der Waals surface area contributed by atoms with Gasteiger partial charge in [-0.25, -0.2) is 9.97 Å². The van der Waals surface area contributed by atoms with E-state index in [0.717, 1.165) is 28.8 Å². The van der Waals surface area contributed by atoms with Gasteiger partial charge in [-0.15, -0.1) is 0 Å². The van der Waals surface area contributed by atoms with Crippen LogP contribution in [-0.4, -0.2) is 34.1 Å². The van der Waals surface area contributed by atoms with E-state index < -0.39 is 0 Å². The van der Waals surface area contributed by atoms with E-state index in [-0.39, 0.29) is 5.91 Å². The van der Waals surface area contributed by atoms with Gasteiger partial charge in [0.2, 0.25) is 0 Å². The molecular weight excluding hydrogens is 438 g/mol. The maximum atomic E-state index is 13.3. The van der Waals surface area contributed by atoms with Crippen LogP contribution in [0.2, 0.25) is 0 Å². The number of carbonyl (C=O) groups is 1. The number of fused-ring (bicyclic) bond motifs is 2. The molecule has 0 aliphatic rings. The summed E-state index contributed by atoms with van der Waals surface area (Å²) < 4.78 is 7.11. The lowest BCUT2D eigenvalue weighted by Crippen LogP contribution is -2.26. The minimum Gasteiger partial charge on any atom is -0.497 e. The summed E-state index contributed by atoms with van der Waals surface area (Å²) in [5.74, 6) is 0.942. The molecule has 0 bridgehead atoms. The molecule has 0 aliphatic carbocycles. The molecule has 3 N–H and O–H groups in total. The Morgan fingerprint density at radius 1 is 0.886 bits per heavy atom. The van der Waals surface area contributed by atoms with Crippen molar-refractivity contribution in [3.05, 3.63) is 95.6 Å². The Bertz CT molecular complexity index is 1480. The summed E-state index contributed by atoms with van der Waals surface area (Å²) in [4.78, 5) is 22.9. The number of amides is 1. The average Bonchev–Trinajstić information content (AvgIpc) is 3.17. The van der Waals surface area contributed by atoms with Crippen LogP contribution in [0, 0.1) is 0 Å². The molecule has 0 aliphatic heterocycles. The zero-order valence-corrected chi connectivity index (χ0v) is 19.6. The first-order valence-corrected chi connectivity index (χ1v) is 11.6. The Morgan fingerprint density at radius 3 is 2.26 bits per heavy atom. The highest BCUT2D eigenvalue weighted by molar-refractivity contribution is 6.10. The molecule has 35 heavy (non-hydrogen) atoms. The molecular formula is C28H27N5O2. The van der Waals surface area contributed by atoms with Crippen LogP contribution in [0.3, 0.4) is 0 Å². The fourth-order valence-corrected chi connectivity index (χ4v) is 4.25. The molecule has 0 fully saturated rings. The first-order valence-electron chi connectivity index (χ1n) is 11.6. The molecule has 0 unspecified atom stereocenters. The predicted molar refractivity (Wildman–Crippen MR) is 139 cm³/mol. The molecule has 0 atom stereocenters. The van der Waals surface area contributed by atoms with Crippen molar-refractivity contribution < 1.29 is 9.53 Å². The average molecular weight is 466 g/mol. The Morgan fingerprint density at radius 2 is 1.54 bits per heavy atom. The summed E-state index contributed by atoms with van der Waals surface area (Å²) in [6.45, 7) is 1.07. The molecule has 2 heterocycles. The number of ether oxygens (including phenoxy) is 1. The molecule has 0 saturated heterocycles. The minimum atomic E-state index is -0.246. The third kappa shape index (κ3) is 4.66. The van der Waals surface area contributed by atoms with Gasteiger partial charge in [-0.3, -0.25) is 4.79 Å². The summed E-state index contributed by atoms with van der Waals surface area (Å²) in [7, 11) is 1.64.